The number of benzene rings is 2. The number of cyclic esters (lactones) is 1. The molecule has 24 heavy (non-hydrogen) atoms. The molecule has 0 bridgehead atoms. The van der Waals surface area contributed by atoms with E-state index in [-0.39, 0.29) is 5.69 Å². The van der Waals surface area contributed by atoms with Crippen molar-refractivity contribution in [2.75, 3.05) is 0 Å². The highest BCUT2D eigenvalue weighted by molar-refractivity contribution is 6.05. The fraction of sp³-hybridized carbons (Fsp3) is 0.105. The number of carbonyl (C=O) groups is 1. The Kier molecular flexibility index (Phi) is 4.00. The highest BCUT2D eigenvalue weighted by Gasteiger charge is 2.22. The van der Waals surface area contributed by atoms with Crippen LogP contribution in [0, 0.1) is 24.0 Å². The van der Waals surface area contributed by atoms with Gasteiger partial charge in [-0.3, -0.25) is 10.1 Å². The third-order valence-electron chi connectivity index (χ3n) is 3.92. The van der Waals surface area contributed by atoms with Crippen LogP contribution in [0.2, 0.25) is 0 Å². The zero-order valence-electron chi connectivity index (χ0n) is 13.3. The molecule has 120 valence electrons. The molecule has 1 heterocycles. The predicted molar refractivity (Wildman–Crippen MR) is 91.1 cm³/mol. The largest absolute Gasteiger partial charge is 0.422 e. The van der Waals surface area contributed by atoms with Crippen LogP contribution >= 0.6 is 0 Å². The third-order valence-corrected chi connectivity index (χ3v) is 3.92. The molecule has 0 spiro atoms. The van der Waals surface area contributed by atoms with E-state index in [0.717, 1.165) is 16.7 Å². The highest BCUT2D eigenvalue weighted by Crippen LogP contribution is 2.29. The maximum Gasteiger partial charge on any atom is 0.343 e. The fourth-order valence-electron chi connectivity index (χ4n) is 2.43. The summed E-state index contributed by atoms with van der Waals surface area (Å²) < 4.78 is 5.32. The van der Waals surface area contributed by atoms with Crippen molar-refractivity contribution in [2.24, 2.45) is 0 Å². The van der Waals surface area contributed by atoms with Crippen LogP contribution in [0.1, 0.15) is 22.3 Å². The predicted octanol–water partition coefficient (Wildman–Crippen LogP) is 4.19. The molecular formula is C19H15NO4. The number of carbonyl (C=O) groups excluding carboxylic acids is 1. The second-order valence-electron chi connectivity index (χ2n) is 5.65. The van der Waals surface area contributed by atoms with Crippen LogP contribution in [-0.4, -0.2) is 10.9 Å². The number of hydrogen-bond acceptors (Lipinski definition) is 4. The van der Waals surface area contributed by atoms with Crippen LogP contribution in [0.4, 0.5) is 5.69 Å². The number of aryl methyl sites for hydroxylation is 2. The summed E-state index contributed by atoms with van der Waals surface area (Å²) in [5, 5.41) is 10.8. The number of nitro groups is 1. The summed E-state index contributed by atoms with van der Waals surface area (Å²) in [6.45, 7) is 4.01. The van der Waals surface area contributed by atoms with E-state index in [1.807, 2.05) is 32.0 Å². The molecule has 0 saturated carbocycles. The van der Waals surface area contributed by atoms with Gasteiger partial charge in [0.2, 0.25) is 0 Å². The molecule has 0 aliphatic carbocycles. The Labute approximate surface area is 139 Å². The Morgan fingerprint density at radius 1 is 1.08 bits per heavy atom. The first-order valence-electron chi connectivity index (χ1n) is 7.42. The maximum atomic E-state index is 12.1. The van der Waals surface area contributed by atoms with Crippen molar-refractivity contribution >= 4 is 23.5 Å². The standard InChI is InChI=1S/C19H15NO4/c1-12-6-7-15(8-13(12)2)18-11-16(19(21)24-18)9-14-4-3-5-17(10-14)20(22)23/h3-11H,1-2H3/b16-9+. The van der Waals surface area contributed by atoms with E-state index in [9.17, 15) is 14.9 Å². The van der Waals surface area contributed by atoms with Gasteiger partial charge in [0.05, 0.1) is 10.5 Å². The number of hydrogen-bond donors (Lipinski definition) is 0. The summed E-state index contributed by atoms with van der Waals surface area (Å²) in [7, 11) is 0. The molecule has 2 aromatic rings. The molecule has 2 aromatic carbocycles. The average molecular weight is 321 g/mol. The summed E-state index contributed by atoms with van der Waals surface area (Å²) >= 11 is 0. The number of non-ortho nitro benzene ring substituents is 1. The van der Waals surface area contributed by atoms with Crippen molar-refractivity contribution in [3.63, 3.8) is 0 Å². The van der Waals surface area contributed by atoms with Gasteiger partial charge in [-0.1, -0.05) is 24.3 Å². The number of nitrogens with zero attached hydrogens (tertiary/aromatic N) is 1. The van der Waals surface area contributed by atoms with Gasteiger partial charge in [-0.2, -0.15) is 0 Å². The Balaban J connectivity index is 1.95. The molecule has 0 atom stereocenters. The van der Waals surface area contributed by atoms with Gasteiger partial charge in [-0.15, -0.1) is 0 Å². The minimum absolute atomic E-state index is 0.0194. The first kappa shape index (κ1) is 15.7. The summed E-state index contributed by atoms with van der Waals surface area (Å²) in [4.78, 5) is 22.4. The van der Waals surface area contributed by atoms with Crippen LogP contribution in [0.15, 0.2) is 54.1 Å². The molecule has 0 amide bonds. The minimum Gasteiger partial charge on any atom is -0.422 e. The number of esters is 1. The smallest absolute Gasteiger partial charge is 0.343 e. The molecule has 0 saturated heterocycles. The Hall–Kier alpha value is -3.21. The zero-order chi connectivity index (χ0) is 17.3. The molecule has 1 aliphatic rings. The monoisotopic (exact) mass is 321 g/mol. The third kappa shape index (κ3) is 3.10. The van der Waals surface area contributed by atoms with Gasteiger partial charge < -0.3 is 4.74 Å². The van der Waals surface area contributed by atoms with Gasteiger partial charge in [0.1, 0.15) is 5.76 Å². The van der Waals surface area contributed by atoms with Crippen LogP contribution in [0.3, 0.4) is 0 Å². The molecule has 0 N–H and O–H groups in total. The molecule has 5 nitrogen and oxygen atoms in total. The fourth-order valence-corrected chi connectivity index (χ4v) is 2.43. The molecule has 0 aromatic heterocycles. The van der Waals surface area contributed by atoms with Crippen molar-refractivity contribution in [2.45, 2.75) is 13.8 Å². The van der Waals surface area contributed by atoms with Crippen molar-refractivity contribution in [3.8, 4) is 0 Å². The number of rotatable bonds is 3. The van der Waals surface area contributed by atoms with Crippen molar-refractivity contribution < 1.29 is 14.5 Å². The van der Waals surface area contributed by atoms with Gasteiger partial charge in [-0.25, -0.2) is 4.79 Å². The number of nitro benzene ring substituents is 1. The van der Waals surface area contributed by atoms with E-state index < -0.39 is 10.9 Å². The Morgan fingerprint density at radius 3 is 2.58 bits per heavy atom. The van der Waals surface area contributed by atoms with Crippen LogP contribution in [-0.2, 0) is 9.53 Å². The van der Waals surface area contributed by atoms with Gasteiger partial charge in [0.25, 0.3) is 5.69 Å². The lowest BCUT2D eigenvalue weighted by molar-refractivity contribution is -0.384. The normalized spacial score (nSPS) is 15.3. The summed E-state index contributed by atoms with van der Waals surface area (Å²) in [6, 6.07) is 11.9. The van der Waals surface area contributed by atoms with Crippen molar-refractivity contribution in [3.05, 3.63) is 86.5 Å². The van der Waals surface area contributed by atoms with Gasteiger partial charge in [0, 0.05) is 17.7 Å². The maximum absolute atomic E-state index is 12.1. The topological polar surface area (TPSA) is 69.4 Å². The lowest BCUT2D eigenvalue weighted by Gasteiger charge is -2.05. The summed E-state index contributed by atoms with van der Waals surface area (Å²) in [6.07, 6.45) is 3.24. The van der Waals surface area contributed by atoms with E-state index in [4.69, 9.17) is 4.74 Å². The van der Waals surface area contributed by atoms with Crippen LogP contribution < -0.4 is 0 Å². The zero-order valence-corrected chi connectivity index (χ0v) is 13.3. The molecule has 1 aliphatic heterocycles. The molecular weight excluding hydrogens is 306 g/mol. The summed E-state index contributed by atoms with van der Waals surface area (Å²) in [5.41, 5.74) is 4.03. The second-order valence-corrected chi connectivity index (χ2v) is 5.65. The summed E-state index contributed by atoms with van der Waals surface area (Å²) in [5.74, 6) is 0.0227. The van der Waals surface area contributed by atoms with Gasteiger partial charge in [0.15, 0.2) is 0 Å². The minimum atomic E-state index is -0.467. The lowest BCUT2D eigenvalue weighted by Crippen LogP contribution is -1.97. The van der Waals surface area contributed by atoms with E-state index in [1.165, 1.54) is 12.1 Å². The van der Waals surface area contributed by atoms with Crippen molar-refractivity contribution in [1.82, 2.24) is 0 Å². The van der Waals surface area contributed by atoms with E-state index >= 15 is 0 Å². The van der Waals surface area contributed by atoms with E-state index in [1.54, 1.807) is 24.3 Å². The Bertz CT molecular complexity index is 909. The SMILES string of the molecule is Cc1ccc(C2=C/C(=C\c3cccc([N+](=O)[O-])c3)C(=O)O2)cc1C. The first-order chi connectivity index (χ1) is 11.4. The van der Waals surface area contributed by atoms with Gasteiger partial charge >= 0.3 is 5.97 Å². The van der Waals surface area contributed by atoms with E-state index in [0.29, 0.717) is 16.9 Å². The molecule has 0 fully saturated rings. The highest BCUT2D eigenvalue weighted by atomic mass is 16.6. The van der Waals surface area contributed by atoms with Crippen molar-refractivity contribution in [1.29, 1.82) is 0 Å². The molecule has 3 rings (SSSR count). The second kappa shape index (κ2) is 6.12. The molecule has 0 unspecified atom stereocenters. The Morgan fingerprint density at radius 2 is 1.88 bits per heavy atom. The van der Waals surface area contributed by atoms with Crippen LogP contribution in [0.5, 0.6) is 0 Å². The number of ether oxygens (including phenoxy) is 1. The average Bonchev–Trinajstić information content (AvgIpc) is 2.91. The lowest BCUT2D eigenvalue weighted by atomic mass is 10.0. The van der Waals surface area contributed by atoms with E-state index in [2.05, 4.69) is 0 Å². The van der Waals surface area contributed by atoms with Crippen LogP contribution in [0.25, 0.3) is 11.8 Å². The molecule has 0 radical (unpaired) electrons. The van der Waals surface area contributed by atoms with Gasteiger partial charge in [-0.05, 0) is 48.8 Å². The quantitative estimate of drug-likeness (QED) is 0.368. The first-order valence-corrected chi connectivity index (χ1v) is 7.42. The molecule has 5 heteroatoms.